The predicted octanol–water partition coefficient (Wildman–Crippen LogP) is 2.50. The molecule has 3 fully saturated rings. The van der Waals surface area contributed by atoms with E-state index >= 15 is 0 Å². The summed E-state index contributed by atoms with van der Waals surface area (Å²) in [5.74, 6) is 0. The molecule has 0 bridgehead atoms. The van der Waals surface area contributed by atoms with Crippen molar-refractivity contribution in [2.75, 3.05) is 0 Å². The first kappa shape index (κ1) is 8.48. The summed E-state index contributed by atoms with van der Waals surface area (Å²) in [6, 6.07) is 0. The van der Waals surface area contributed by atoms with Crippen molar-refractivity contribution in [3.63, 3.8) is 0 Å². The Morgan fingerprint density at radius 1 is 0.562 bits per heavy atom. The SMILES string of the molecule is C1=CC[C@@]23C[C@@]45CC=CC[C@]4(C[C@@]2(C1)O3)O5. The zero-order chi connectivity index (χ0) is 10.5. The summed E-state index contributed by atoms with van der Waals surface area (Å²) in [4.78, 5) is 0. The molecule has 16 heavy (non-hydrogen) atoms. The molecule has 0 aromatic carbocycles. The standard InChI is InChI=1S/C14H16O2/c1-2-6-12-10-14-8-4-3-7-13(14,16-14)9-11(12,5-1)15-12/h1-4H,5-10H2/t11-,12-,13-,14+/m1/s1. The van der Waals surface area contributed by atoms with Crippen molar-refractivity contribution in [2.24, 2.45) is 0 Å². The molecule has 5 aliphatic rings. The lowest BCUT2D eigenvalue weighted by Gasteiger charge is -2.34. The molecule has 2 heterocycles. The van der Waals surface area contributed by atoms with E-state index in [0.29, 0.717) is 0 Å². The molecule has 3 aliphatic carbocycles. The van der Waals surface area contributed by atoms with Crippen LogP contribution in [0.25, 0.3) is 0 Å². The summed E-state index contributed by atoms with van der Waals surface area (Å²) < 4.78 is 12.5. The highest BCUT2D eigenvalue weighted by atomic mass is 16.7. The van der Waals surface area contributed by atoms with Crippen molar-refractivity contribution in [2.45, 2.75) is 60.9 Å². The van der Waals surface area contributed by atoms with Crippen LogP contribution >= 0.6 is 0 Å². The maximum Gasteiger partial charge on any atom is 0.105 e. The Morgan fingerprint density at radius 3 is 1.19 bits per heavy atom. The lowest BCUT2D eigenvalue weighted by Crippen LogP contribution is -2.45. The van der Waals surface area contributed by atoms with Crippen molar-refractivity contribution < 1.29 is 9.47 Å². The first-order chi connectivity index (χ1) is 7.74. The summed E-state index contributed by atoms with van der Waals surface area (Å²) >= 11 is 0. The van der Waals surface area contributed by atoms with Gasteiger partial charge in [0.25, 0.3) is 0 Å². The van der Waals surface area contributed by atoms with Crippen LogP contribution in [0.5, 0.6) is 0 Å². The Kier molecular flexibility index (Phi) is 1.09. The van der Waals surface area contributed by atoms with Crippen molar-refractivity contribution in [1.82, 2.24) is 0 Å². The monoisotopic (exact) mass is 216 g/mol. The van der Waals surface area contributed by atoms with Crippen LogP contribution in [-0.2, 0) is 9.47 Å². The second-order valence-electron chi connectivity index (χ2n) is 6.29. The van der Waals surface area contributed by atoms with Crippen LogP contribution in [0.1, 0.15) is 38.5 Å². The number of hydrogen-bond acceptors (Lipinski definition) is 2. The Bertz CT molecular complexity index is 376. The maximum absolute atomic E-state index is 6.23. The van der Waals surface area contributed by atoms with Crippen LogP contribution in [0.3, 0.4) is 0 Å². The van der Waals surface area contributed by atoms with Gasteiger partial charge in [0, 0.05) is 12.8 Å². The van der Waals surface area contributed by atoms with Gasteiger partial charge in [-0.2, -0.15) is 0 Å². The van der Waals surface area contributed by atoms with E-state index in [1.807, 2.05) is 0 Å². The Labute approximate surface area is 95.3 Å². The smallest absolute Gasteiger partial charge is 0.105 e. The molecule has 2 nitrogen and oxygen atoms in total. The van der Waals surface area contributed by atoms with Crippen LogP contribution in [0.4, 0.5) is 0 Å². The molecule has 0 amide bonds. The van der Waals surface area contributed by atoms with Crippen LogP contribution in [0, 0.1) is 0 Å². The normalized spacial score (nSPS) is 64.0. The van der Waals surface area contributed by atoms with Crippen molar-refractivity contribution in [3.8, 4) is 0 Å². The highest BCUT2D eigenvalue weighted by molar-refractivity contribution is 5.39. The quantitative estimate of drug-likeness (QED) is 0.459. The molecule has 0 aromatic rings. The van der Waals surface area contributed by atoms with E-state index < -0.39 is 0 Å². The van der Waals surface area contributed by atoms with Gasteiger partial charge < -0.3 is 9.47 Å². The third-order valence-electron chi connectivity index (χ3n) is 5.62. The molecule has 2 aliphatic heterocycles. The van der Waals surface area contributed by atoms with Gasteiger partial charge in [0.1, 0.15) is 22.4 Å². The molecule has 4 atom stereocenters. The van der Waals surface area contributed by atoms with Crippen LogP contribution in [0.2, 0.25) is 0 Å². The van der Waals surface area contributed by atoms with Gasteiger partial charge in [-0.3, -0.25) is 0 Å². The highest BCUT2D eigenvalue weighted by Crippen LogP contribution is 2.76. The van der Waals surface area contributed by atoms with E-state index in [1.165, 1.54) is 0 Å². The first-order valence-electron chi connectivity index (χ1n) is 6.44. The molecular weight excluding hydrogens is 200 g/mol. The fourth-order valence-electron chi connectivity index (χ4n) is 4.70. The lowest BCUT2D eigenvalue weighted by atomic mass is 9.62. The summed E-state index contributed by atoms with van der Waals surface area (Å²) in [5, 5.41) is 0. The highest BCUT2D eigenvalue weighted by Gasteiger charge is 2.86. The van der Waals surface area contributed by atoms with Gasteiger partial charge in [0.2, 0.25) is 0 Å². The fraction of sp³-hybridized carbons (Fsp3) is 0.714. The minimum atomic E-state index is 0.160. The van der Waals surface area contributed by atoms with Gasteiger partial charge >= 0.3 is 0 Å². The van der Waals surface area contributed by atoms with Crippen LogP contribution in [-0.4, -0.2) is 22.4 Å². The van der Waals surface area contributed by atoms with Gasteiger partial charge in [0.15, 0.2) is 0 Å². The topological polar surface area (TPSA) is 25.1 Å². The average molecular weight is 216 g/mol. The zero-order valence-electron chi connectivity index (χ0n) is 9.37. The largest absolute Gasteiger partial charge is 0.362 e. The molecule has 2 saturated heterocycles. The number of rotatable bonds is 0. The summed E-state index contributed by atoms with van der Waals surface area (Å²) in [5.41, 5.74) is 0.639. The molecule has 0 unspecified atom stereocenters. The maximum atomic E-state index is 6.23. The van der Waals surface area contributed by atoms with Crippen LogP contribution in [0.15, 0.2) is 24.3 Å². The van der Waals surface area contributed by atoms with Gasteiger partial charge in [-0.05, 0) is 25.7 Å². The van der Waals surface area contributed by atoms with Gasteiger partial charge in [-0.1, -0.05) is 24.3 Å². The average Bonchev–Trinajstić information content (AvgIpc) is 3.09. The number of epoxide rings is 2. The van der Waals surface area contributed by atoms with E-state index in [1.54, 1.807) is 0 Å². The van der Waals surface area contributed by atoms with E-state index in [0.717, 1.165) is 38.5 Å². The Balaban J connectivity index is 1.61. The summed E-state index contributed by atoms with van der Waals surface area (Å²) in [7, 11) is 0. The molecule has 0 aromatic heterocycles. The molecule has 0 radical (unpaired) electrons. The van der Waals surface area contributed by atoms with Gasteiger partial charge in [-0.15, -0.1) is 0 Å². The van der Waals surface area contributed by atoms with E-state index in [9.17, 15) is 0 Å². The molecule has 1 saturated carbocycles. The number of hydrogen-bond donors (Lipinski definition) is 0. The van der Waals surface area contributed by atoms with Crippen molar-refractivity contribution >= 4 is 0 Å². The minimum Gasteiger partial charge on any atom is -0.362 e. The van der Waals surface area contributed by atoms with E-state index in [4.69, 9.17) is 9.47 Å². The Morgan fingerprint density at radius 2 is 0.875 bits per heavy atom. The van der Waals surface area contributed by atoms with Crippen molar-refractivity contribution in [1.29, 1.82) is 0 Å². The third-order valence-corrected chi connectivity index (χ3v) is 5.62. The van der Waals surface area contributed by atoms with Crippen LogP contribution < -0.4 is 0 Å². The predicted molar refractivity (Wildman–Crippen MR) is 59.1 cm³/mol. The third kappa shape index (κ3) is 0.671. The van der Waals surface area contributed by atoms with Gasteiger partial charge in [-0.25, -0.2) is 0 Å². The zero-order valence-corrected chi connectivity index (χ0v) is 9.37. The lowest BCUT2D eigenvalue weighted by molar-refractivity contribution is 0.181. The second-order valence-corrected chi connectivity index (χ2v) is 6.29. The number of ether oxygens (including phenoxy) is 2. The molecule has 5 rings (SSSR count). The van der Waals surface area contributed by atoms with Crippen molar-refractivity contribution in [3.05, 3.63) is 24.3 Å². The molecular formula is C14H16O2. The van der Waals surface area contributed by atoms with E-state index in [2.05, 4.69) is 24.3 Å². The minimum absolute atomic E-state index is 0.160. The molecule has 2 heteroatoms. The first-order valence-corrected chi connectivity index (χ1v) is 6.44. The summed E-state index contributed by atoms with van der Waals surface area (Å²) in [6.45, 7) is 0. The molecule has 0 spiro atoms. The van der Waals surface area contributed by atoms with Gasteiger partial charge in [0.05, 0.1) is 0 Å². The molecule has 84 valence electrons. The fourth-order valence-corrected chi connectivity index (χ4v) is 4.70. The van der Waals surface area contributed by atoms with E-state index in [-0.39, 0.29) is 22.4 Å². The summed E-state index contributed by atoms with van der Waals surface area (Å²) in [6.07, 6.45) is 15.9. The molecule has 0 N–H and O–H groups in total. The second kappa shape index (κ2) is 2.06. The Hall–Kier alpha value is -0.600.